The van der Waals surface area contributed by atoms with Gasteiger partial charge in [-0.2, -0.15) is 5.26 Å². The molecule has 0 aromatic rings. The maximum Gasteiger partial charge on any atom is 0.251 e. The first kappa shape index (κ1) is 13.9. The summed E-state index contributed by atoms with van der Waals surface area (Å²) < 4.78 is 5.02. The van der Waals surface area contributed by atoms with E-state index < -0.39 is 5.54 Å². The van der Waals surface area contributed by atoms with Crippen LogP contribution in [0.25, 0.3) is 0 Å². The average molecular weight is 239 g/mol. The van der Waals surface area contributed by atoms with E-state index in [2.05, 4.69) is 11.0 Å². The first-order valence-electron chi connectivity index (χ1n) is 5.90. The second-order valence-electron chi connectivity index (χ2n) is 4.86. The van der Waals surface area contributed by atoms with Crippen molar-refractivity contribution in [2.45, 2.75) is 32.4 Å². The molecule has 1 amide bonds. The van der Waals surface area contributed by atoms with Crippen molar-refractivity contribution in [3.63, 3.8) is 0 Å². The first-order valence-corrected chi connectivity index (χ1v) is 5.90. The molecule has 17 heavy (non-hydrogen) atoms. The molecular formula is C12H21N3O2. The zero-order chi connectivity index (χ0) is 13.1. The lowest BCUT2D eigenvalue weighted by Crippen LogP contribution is -2.56. The Hall–Kier alpha value is -1.12. The fraction of sp³-hybridized carbons (Fsp3) is 0.833. The summed E-state index contributed by atoms with van der Waals surface area (Å²) in [6.07, 6.45) is -0.384. The predicted octanol–water partition coefficient (Wildman–Crippen LogP) is 0.468. The Morgan fingerprint density at radius 2 is 1.88 bits per heavy atom. The molecule has 1 aliphatic rings. The summed E-state index contributed by atoms with van der Waals surface area (Å²) in [4.78, 5) is 15.8. The summed E-state index contributed by atoms with van der Waals surface area (Å²) in [6, 6.07) is 2.29. The van der Waals surface area contributed by atoms with E-state index in [1.54, 1.807) is 11.8 Å². The number of piperazine rings is 1. The highest BCUT2D eigenvalue weighted by atomic mass is 16.5. The number of methoxy groups -OCH3 is 1. The van der Waals surface area contributed by atoms with E-state index >= 15 is 0 Å². The van der Waals surface area contributed by atoms with Gasteiger partial charge in [0.2, 0.25) is 0 Å². The second kappa shape index (κ2) is 5.48. The van der Waals surface area contributed by atoms with Crippen LogP contribution in [0.1, 0.15) is 20.8 Å². The van der Waals surface area contributed by atoms with Gasteiger partial charge in [0.15, 0.2) is 0 Å². The monoisotopic (exact) mass is 239 g/mol. The SMILES string of the molecule is COC(C)C(=O)N1CCN(C(C)(C)C#N)CC1. The van der Waals surface area contributed by atoms with Gasteiger partial charge in [-0.15, -0.1) is 0 Å². The summed E-state index contributed by atoms with van der Waals surface area (Å²) in [5, 5.41) is 9.06. The summed E-state index contributed by atoms with van der Waals surface area (Å²) >= 11 is 0. The molecule has 1 unspecified atom stereocenters. The Kier molecular flexibility index (Phi) is 4.49. The molecule has 0 bridgehead atoms. The molecule has 1 rings (SSSR count). The van der Waals surface area contributed by atoms with E-state index in [0.29, 0.717) is 13.1 Å². The van der Waals surface area contributed by atoms with Gasteiger partial charge >= 0.3 is 0 Å². The number of amides is 1. The molecule has 0 aromatic carbocycles. The van der Waals surface area contributed by atoms with E-state index in [9.17, 15) is 4.79 Å². The number of nitrogens with zero attached hydrogens (tertiary/aromatic N) is 3. The van der Waals surface area contributed by atoms with Crippen LogP contribution < -0.4 is 0 Å². The summed E-state index contributed by atoms with van der Waals surface area (Å²) in [5.74, 6) is 0.0295. The molecule has 5 heteroatoms. The highest BCUT2D eigenvalue weighted by Gasteiger charge is 2.32. The standard InChI is InChI=1S/C12H21N3O2/c1-10(17-4)11(16)14-5-7-15(8-6-14)12(2,3)9-13/h10H,5-8H2,1-4H3. The molecule has 0 saturated carbocycles. The molecule has 0 radical (unpaired) electrons. The summed E-state index contributed by atoms with van der Waals surface area (Å²) in [7, 11) is 1.54. The lowest BCUT2D eigenvalue weighted by atomic mass is 10.0. The van der Waals surface area contributed by atoms with Gasteiger partial charge < -0.3 is 9.64 Å². The molecule has 1 heterocycles. The number of carbonyl (C=O) groups excluding carboxylic acids is 1. The number of ether oxygens (including phenoxy) is 1. The van der Waals surface area contributed by atoms with Gasteiger partial charge in [-0.25, -0.2) is 0 Å². The van der Waals surface area contributed by atoms with E-state index in [-0.39, 0.29) is 12.0 Å². The Labute approximate surface area is 103 Å². The Bertz CT molecular complexity index is 314. The molecule has 1 fully saturated rings. The van der Waals surface area contributed by atoms with Crippen LogP contribution >= 0.6 is 0 Å². The Morgan fingerprint density at radius 3 is 2.29 bits per heavy atom. The number of nitriles is 1. The fourth-order valence-corrected chi connectivity index (χ4v) is 1.91. The maximum absolute atomic E-state index is 11.9. The third-order valence-electron chi connectivity index (χ3n) is 3.36. The number of rotatable bonds is 3. The third-order valence-corrected chi connectivity index (χ3v) is 3.36. The van der Waals surface area contributed by atoms with Gasteiger partial charge in [0, 0.05) is 33.3 Å². The van der Waals surface area contributed by atoms with Crippen LogP contribution in [0, 0.1) is 11.3 Å². The van der Waals surface area contributed by atoms with Crippen LogP contribution in [0.2, 0.25) is 0 Å². The van der Waals surface area contributed by atoms with Gasteiger partial charge in [-0.3, -0.25) is 9.69 Å². The Balaban J connectivity index is 2.52. The fourth-order valence-electron chi connectivity index (χ4n) is 1.91. The topological polar surface area (TPSA) is 56.6 Å². The van der Waals surface area contributed by atoms with Crippen LogP contribution in [-0.2, 0) is 9.53 Å². The van der Waals surface area contributed by atoms with E-state index in [1.807, 2.05) is 13.8 Å². The second-order valence-corrected chi connectivity index (χ2v) is 4.86. The first-order chi connectivity index (χ1) is 7.92. The van der Waals surface area contributed by atoms with Gasteiger partial charge in [-0.05, 0) is 20.8 Å². The highest BCUT2D eigenvalue weighted by Crippen LogP contribution is 2.16. The van der Waals surface area contributed by atoms with Crippen LogP contribution in [0.4, 0.5) is 0 Å². The largest absolute Gasteiger partial charge is 0.372 e. The van der Waals surface area contributed by atoms with Crippen molar-refractivity contribution in [1.29, 1.82) is 5.26 Å². The van der Waals surface area contributed by atoms with Crippen molar-refractivity contribution in [3.05, 3.63) is 0 Å². The van der Waals surface area contributed by atoms with Crippen LogP contribution in [0.5, 0.6) is 0 Å². The minimum absolute atomic E-state index is 0.0295. The van der Waals surface area contributed by atoms with E-state index in [4.69, 9.17) is 10.00 Å². The maximum atomic E-state index is 11.9. The quantitative estimate of drug-likeness (QED) is 0.718. The smallest absolute Gasteiger partial charge is 0.251 e. The minimum atomic E-state index is -0.456. The van der Waals surface area contributed by atoms with Gasteiger partial charge in [0.05, 0.1) is 6.07 Å². The predicted molar refractivity (Wildman–Crippen MR) is 64.3 cm³/mol. The van der Waals surface area contributed by atoms with E-state index in [1.165, 1.54) is 7.11 Å². The molecule has 1 aliphatic heterocycles. The molecule has 0 spiro atoms. The van der Waals surface area contributed by atoms with E-state index in [0.717, 1.165) is 13.1 Å². The molecular weight excluding hydrogens is 218 g/mol. The van der Waals surface area contributed by atoms with Crippen molar-refractivity contribution in [1.82, 2.24) is 9.80 Å². The lowest BCUT2D eigenvalue weighted by molar-refractivity contribution is -0.143. The minimum Gasteiger partial charge on any atom is -0.372 e. The van der Waals surface area contributed by atoms with Crippen molar-refractivity contribution in [2.75, 3.05) is 33.3 Å². The van der Waals surface area contributed by atoms with Crippen molar-refractivity contribution in [2.24, 2.45) is 0 Å². The summed E-state index contributed by atoms with van der Waals surface area (Å²) in [6.45, 7) is 8.37. The normalized spacial score (nSPS) is 19.8. The number of hydrogen-bond donors (Lipinski definition) is 0. The molecule has 1 atom stereocenters. The highest BCUT2D eigenvalue weighted by molar-refractivity contribution is 5.80. The zero-order valence-corrected chi connectivity index (χ0v) is 11.1. The van der Waals surface area contributed by atoms with Crippen LogP contribution in [0.15, 0.2) is 0 Å². The van der Waals surface area contributed by atoms with Crippen molar-refractivity contribution in [3.8, 4) is 6.07 Å². The zero-order valence-electron chi connectivity index (χ0n) is 11.1. The Morgan fingerprint density at radius 1 is 1.35 bits per heavy atom. The van der Waals surface area contributed by atoms with Gasteiger partial charge in [0.1, 0.15) is 11.6 Å². The average Bonchev–Trinajstić information content (AvgIpc) is 2.37. The molecule has 1 saturated heterocycles. The lowest BCUT2D eigenvalue weighted by Gasteiger charge is -2.40. The molecule has 0 aromatic heterocycles. The van der Waals surface area contributed by atoms with Crippen LogP contribution in [0.3, 0.4) is 0 Å². The third kappa shape index (κ3) is 3.18. The summed E-state index contributed by atoms with van der Waals surface area (Å²) in [5.41, 5.74) is -0.456. The molecule has 5 nitrogen and oxygen atoms in total. The molecule has 96 valence electrons. The van der Waals surface area contributed by atoms with Crippen molar-refractivity contribution < 1.29 is 9.53 Å². The van der Waals surface area contributed by atoms with Gasteiger partial charge in [0.25, 0.3) is 5.91 Å². The molecule has 0 aliphatic carbocycles. The number of hydrogen-bond acceptors (Lipinski definition) is 4. The van der Waals surface area contributed by atoms with Crippen LogP contribution in [-0.4, -0.2) is 60.6 Å². The number of carbonyl (C=O) groups is 1. The molecule has 0 N–H and O–H groups in total. The van der Waals surface area contributed by atoms with Gasteiger partial charge in [-0.1, -0.05) is 0 Å². The van der Waals surface area contributed by atoms with Crippen molar-refractivity contribution >= 4 is 5.91 Å².